The summed E-state index contributed by atoms with van der Waals surface area (Å²) in [6.45, 7) is 5.87. The van der Waals surface area contributed by atoms with Gasteiger partial charge >= 0.3 is 6.18 Å². The van der Waals surface area contributed by atoms with Crippen LogP contribution in [-0.2, 0) is 6.18 Å². The van der Waals surface area contributed by atoms with Crippen molar-refractivity contribution in [3.63, 3.8) is 0 Å². The highest BCUT2D eigenvalue weighted by Gasteiger charge is 2.34. The molecule has 1 aromatic heterocycles. The second-order valence-electron chi connectivity index (χ2n) is 6.26. The van der Waals surface area contributed by atoms with Gasteiger partial charge in [-0.25, -0.2) is 4.98 Å². The largest absolute Gasteiger partial charge is 0.433 e. The van der Waals surface area contributed by atoms with Gasteiger partial charge in [-0.2, -0.15) is 13.2 Å². The zero-order valence-electron chi connectivity index (χ0n) is 12.7. The summed E-state index contributed by atoms with van der Waals surface area (Å²) >= 11 is 0. The number of rotatable bonds is 3. The summed E-state index contributed by atoms with van der Waals surface area (Å²) in [4.78, 5) is 3.66. The van der Waals surface area contributed by atoms with E-state index in [1.165, 1.54) is 0 Å². The molecule has 2 aromatic rings. The molecule has 2 rings (SSSR count). The van der Waals surface area contributed by atoms with Crippen LogP contribution < -0.4 is 5.32 Å². The quantitative estimate of drug-likeness (QED) is 0.909. The molecule has 0 aliphatic heterocycles. The fourth-order valence-corrected chi connectivity index (χ4v) is 2.12. The summed E-state index contributed by atoms with van der Waals surface area (Å²) in [5.41, 5.74) is -1.20. The first-order valence-electron chi connectivity index (χ1n) is 6.98. The van der Waals surface area contributed by atoms with Gasteiger partial charge in [-0.15, -0.1) is 0 Å². The normalized spacial score (nSPS) is 14.3. The van der Waals surface area contributed by atoms with Gasteiger partial charge in [0.15, 0.2) is 0 Å². The number of halogens is 3. The Bertz CT molecular complexity index is 662. The Hall–Kier alpha value is -1.66. The maximum atomic E-state index is 13.0. The first-order valence-corrected chi connectivity index (χ1v) is 6.98. The molecule has 3 nitrogen and oxygen atoms in total. The molecule has 0 bridgehead atoms. The number of alkyl halides is 3. The first kappa shape index (κ1) is 16.7. The van der Waals surface area contributed by atoms with Crippen molar-refractivity contribution in [3.8, 4) is 0 Å². The SMILES string of the molecule is CC(C)(C)NCC(O)c1nc(C(F)(F)F)cc2ccccc12. The van der Waals surface area contributed by atoms with Gasteiger partial charge in [-0.1, -0.05) is 24.3 Å². The maximum absolute atomic E-state index is 13.0. The average Bonchev–Trinajstić information content (AvgIpc) is 2.41. The molecule has 0 aliphatic carbocycles. The minimum Gasteiger partial charge on any atom is -0.385 e. The minimum atomic E-state index is -4.55. The highest BCUT2D eigenvalue weighted by atomic mass is 19.4. The number of hydrogen-bond donors (Lipinski definition) is 2. The lowest BCUT2D eigenvalue weighted by Gasteiger charge is -2.23. The number of aromatic nitrogens is 1. The molecule has 0 fully saturated rings. The van der Waals surface area contributed by atoms with Crippen molar-refractivity contribution in [3.05, 3.63) is 41.7 Å². The molecule has 2 N–H and O–H groups in total. The molecule has 0 saturated carbocycles. The molecule has 0 radical (unpaired) electrons. The van der Waals surface area contributed by atoms with E-state index in [2.05, 4.69) is 10.3 Å². The predicted molar refractivity (Wildman–Crippen MR) is 79.5 cm³/mol. The fourth-order valence-electron chi connectivity index (χ4n) is 2.12. The van der Waals surface area contributed by atoms with Crippen LogP contribution in [0.15, 0.2) is 30.3 Å². The summed E-state index contributed by atoms with van der Waals surface area (Å²) in [5.74, 6) is 0. The Labute approximate surface area is 127 Å². The van der Waals surface area contributed by atoms with Crippen molar-refractivity contribution in [2.24, 2.45) is 0 Å². The van der Waals surface area contributed by atoms with Gasteiger partial charge in [0.1, 0.15) is 11.8 Å². The summed E-state index contributed by atoms with van der Waals surface area (Å²) in [6, 6.07) is 7.62. The number of pyridine rings is 1. The molecule has 0 saturated heterocycles. The molecule has 6 heteroatoms. The Morgan fingerprint density at radius 3 is 2.41 bits per heavy atom. The third-order valence-electron chi connectivity index (χ3n) is 3.20. The first-order chi connectivity index (χ1) is 10.1. The highest BCUT2D eigenvalue weighted by molar-refractivity contribution is 5.85. The van der Waals surface area contributed by atoms with E-state index in [4.69, 9.17) is 0 Å². The van der Waals surface area contributed by atoms with Crippen LogP contribution in [0, 0.1) is 0 Å². The lowest BCUT2D eigenvalue weighted by molar-refractivity contribution is -0.141. The van der Waals surface area contributed by atoms with E-state index < -0.39 is 18.0 Å². The van der Waals surface area contributed by atoms with Gasteiger partial charge < -0.3 is 10.4 Å². The smallest absolute Gasteiger partial charge is 0.385 e. The molecule has 0 spiro atoms. The summed E-state index contributed by atoms with van der Waals surface area (Å²) in [5, 5.41) is 14.3. The van der Waals surface area contributed by atoms with Gasteiger partial charge in [0.05, 0.1) is 5.69 Å². The summed E-state index contributed by atoms with van der Waals surface area (Å²) < 4.78 is 38.9. The molecule has 1 unspecified atom stereocenters. The highest BCUT2D eigenvalue weighted by Crippen LogP contribution is 2.32. The third-order valence-corrected chi connectivity index (χ3v) is 3.20. The van der Waals surface area contributed by atoms with Gasteiger partial charge in [0.2, 0.25) is 0 Å². The molecule has 22 heavy (non-hydrogen) atoms. The van der Waals surface area contributed by atoms with Crippen molar-refractivity contribution in [2.75, 3.05) is 6.54 Å². The molecule has 0 amide bonds. The van der Waals surface area contributed by atoms with E-state index in [0.717, 1.165) is 6.07 Å². The van der Waals surface area contributed by atoms with Gasteiger partial charge in [-0.05, 0) is 32.2 Å². The van der Waals surface area contributed by atoms with Crippen LogP contribution in [0.5, 0.6) is 0 Å². The standard InChI is InChI=1S/C16H19F3N2O/c1-15(2,3)20-9-12(22)14-11-7-5-4-6-10(11)8-13(21-14)16(17,18)19/h4-8,12,20,22H,9H2,1-3H3. The monoisotopic (exact) mass is 312 g/mol. The van der Waals surface area contributed by atoms with Crippen LogP contribution in [0.25, 0.3) is 10.8 Å². The van der Waals surface area contributed by atoms with Gasteiger partial charge in [0, 0.05) is 17.5 Å². The van der Waals surface area contributed by atoms with Crippen LogP contribution in [-0.4, -0.2) is 22.2 Å². The van der Waals surface area contributed by atoms with Crippen LogP contribution in [0.3, 0.4) is 0 Å². The molecule has 1 atom stereocenters. The zero-order chi connectivity index (χ0) is 16.5. The molecule has 0 aliphatic rings. The summed E-state index contributed by atoms with van der Waals surface area (Å²) in [6.07, 6.45) is -5.66. The van der Waals surface area contributed by atoms with E-state index in [0.29, 0.717) is 10.8 Å². The second kappa shape index (κ2) is 5.85. The Balaban J connectivity index is 2.46. The number of nitrogens with one attached hydrogen (secondary N) is 1. The molecule has 1 heterocycles. The number of hydrogen-bond acceptors (Lipinski definition) is 3. The Kier molecular flexibility index (Phi) is 4.44. The van der Waals surface area contributed by atoms with Crippen molar-refractivity contribution in [1.82, 2.24) is 10.3 Å². The third kappa shape index (κ3) is 3.96. The van der Waals surface area contributed by atoms with Crippen LogP contribution in [0.4, 0.5) is 13.2 Å². The number of benzene rings is 1. The van der Waals surface area contributed by atoms with Gasteiger partial charge in [-0.3, -0.25) is 0 Å². The van der Waals surface area contributed by atoms with Crippen LogP contribution in [0.2, 0.25) is 0 Å². The molecule has 120 valence electrons. The van der Waals surface area contributed by atoms with E-state index in [1.54, 1.807) is 24.3 Å². The van der Waals surface area contributed by atoms with Crippen LogP contribution in [0.1, 0.15) is 38.3 Å². The maximum Gasteiger partial charge on any atom is 0.433 e. The van der Waals surface area contributed by atoms with Crippen molar-refractivity contribution >= 4 is 10.8 Å². The zero-order valence-corrected chi connectivity index (χ0v) is 12.7. The molecular formula is C16H19F3N2O. The van der Waals surface area contributed by atoms with Crippen molar-refractivity contribution < 1.29 is 18.3 Å². The lowest BCUT2D eigenvalue weighted by Crippen LogP contribution is -2.38. The van der Waals surface area contributed by atoms with Crippen LogP contribution >= 0.6 is 0 Å². The topological polar surface area (TPSA) is 45.1 Å². The number of aliphatic hydroxyl groups is 1. The van der Waals surface area contributed by atoms with E-state index in [-0.39, 0.29) is 17.8 Å². The predicted octanol–water partition coefficient (Wildman–Crippen LogP) is 3.68. The second-order valence-corrected chi connectivity index (χ2v) is 6.26. The van der Waals surface area contributed by atoms with Crippen molar-refractivity contribution in [1.29, 1.82) is 0 Å². The van der Waals surface area contributed by atoms with Crippen molar-refractivity contribution in [2.45, 2.75) is 38.6 Å². The van der Waals surface area contributed by atoms with Gasteiger partial charge in [0.25, 0.3) is 0 Å². The number of aliphatic hydroxyl groups excluding tert-OH is 1. The lowest BCUT2D eigenvalue weighted by atomic mass is 10.0. The number of β-amino-alcohol motifs (C(OH)–C–C–N with tert-alkyl or cyclic N) is 1. The molecule has 1 aromatic carbocycles. The molecular weight excluding hydrogens is 293 g/mol. The number of nitrogens with zero attached hydrogens (tertiary/aromatic N) is 1. The summed E-state index contributed by atoms with van der Waals surface area (Å²) in [7, 11) is 0. The van der Waals surface area contributed by atoms with E-state index in [1.807, 2.05) is 20.8 Å². The Morgan fingerprint density at radius 2 is 1.82 bits per heavy atom. The van der Waals surface area contributed by atoms with E-state index in [9.17, 15) is 18.3 Å². The number of fused-ring (bicyclic) bond motifs is 1. The van der Waals surface area contributed by atoms with E-state index >= 15 is 0 Å². The average molecular weight is 312 g/mol. The Morgan fingerprint density at radius 1 is 1.18 bits per heavy atom. The minimum absolute atomic E-state index is 0.0437. The fraction of sp³-hybridized carbons (Fsp3) is 0.438.